The second-order valence-corrected chi connectivity index (χ2v) is 2.95. The molecule has 4 nitrogen and oxygen atoms in total. The smallest absolute Gasteiger partial charge is 0.265 e. The maximum absolute atomic E-state index is 10.7. The van der Waals surface area contributed by atoms with Gasteiger partial charge in [0.15, 0.2) is 0 Å². The minimum atomic E-state index is -0.764. The fourth-order valence-electron chi connectivity index (χ4n) is 0.667. The van der Waals surface area contributed by atoms with E-state index >= 15 is 0 Å². The first-order chi connectivity index (χ1) is 5.25. The lowest BCUT2D eigenvalue weighted by Crippen LogP contribution is -2.31. The molecule has 1 aromatic rings. The third-order valence-corrected chi connectivity index (χ3v) is 2.20. The van der Waals surface area contributed by atoms with E-state index in [-0.39, 0.29) is 0 Å². The molecule has 1 atom stereocenters. The van der Waals surface area contributed by atoms with Crippen molar-refractivity contribution in [3.63, 3.8) is 0 Å². The number of hydrogen-bond acceptors (Lipinski definition) is 4. The van der Waals surface area contributed by atoms with Crippen LogP contribution in [0.5, 0.6) is 0 Å². The summed E-state index contributed by atoms with van der Waals surface area (Å²) in [6.45, 7) is 0. The van der Waals surface area contributed by atoms with E-state index in [9.17, 15) is 4.79 Å². The molecule has 0 saturated heterocycles. The molecule has 0 aliphatic carbocycles. The molecule has 0 fully saturated rings. The van der Waals surface area contributed by atoms with Gasteiger partial charge in [0.2, 0.25) is 0 Å². The van der Waals surface area contributed by atoms with Crippen molar-refractivity contribution in [2.75, 3.05) is 0 Å². The Hall–Kier alpha value is -0.910. The van der Waals surface area contributed by atoms with Crippen LogP contribution in [0.1, 0.15) is 10.9 Å². The molecule has 1 amide bonds. The summed E-state index contributed by atoms with van der Waals surface area (Å²) in [5, 5.41) is 10.0. The molecule has 4 N–H and O–H groups in total. The van der Waals surface area contributed by atoms with Crippen LogP contribution in [0, 0.1) is 0 Å². The lowest BCUT2D eigenvalue weighted by molar-refractivity contribution is -0.130. The van der Waals surface area contributed by atoms with Gasteiger partial charge in [-0.15, -0.1) is 11.3 Å². The Labute approximate surface area is 67.6 Å². The Balaban J connectivity index is 2.70. The number of rotatable bonds is 2. The average molecular weight is 172 g/mol. The highest BCUT2D eigenvalue weighted by atomic mass is 32.1. The number of hydrogen-bond donors (Lipinski definition) is 3. The first-order valence-corrected chi connectivity index (χ1v) is 3.86. The van der Waals surface area contributed by atoms with Crippen LogP contribution in [0.3, 0.4) is 0 Å². The summed E-state index contributed by atoms with van der Waals surface area (Å²) < 4.78 is 0. The molecule has 0 aromatic carbocycles. The topological polar surface area (TPSA) is 75.4 Å². The third-order valence-electron chi connectivity index (χ3n) is 1.24. The Morgan fingerprint density at radius 1 is 1.82 bits per heavy atom. The number of amides is 1. The normalized spacial score (nSPS) is 12.5. The second-order valence-electron chi connectivity index (χ2n) is 1.97. The number of carbonyl (C=O) groups is 1. The molecule has 0 radical (unpaired) electrons. The van der Waals surface area contributed by atoms with Crippen LogP contribution in [-0.4, -0.2) is 11.1 Å². The summed E-state index contributed by atoms with van der Waals surface area (Å²) in [4.78, 5) is 11.5. The van der Waals surface area contributed by atoms with Crippen LogP contribution < -0.4 is 11.2 Å². The van der Waals surface area contributed by atoms with Crippen LogP contribution in [0.25, 0.3) is 0 Å². The van der Waals surface area contributed by atoms with E-state index in [4.69, 9.17) is 10.9 Å². The van der Waals surface area contributed by atoms with Crippen LogP contribution in [0.4, 0.5) is 0 Å². The molecular formula is C6H8N2O2S. The predicted molar refractivity (Wildman–Crippen MR) is 41.2 cm³/mol. The Bertz CT molecular complexity index is 235. The van der Waals surface area contributed by atoms with Crippen molar-refractivity contribution in [3.8, 4) is 0 Å². The molecule has 0 saturated carbocycles. The zero-order valence-corrected chi connectivity index (χ0v) is 6.47. The highest BCUT2D eigenvalue weighted by molar-refractivity contribution is 7.10. The minimum absolute atomic E-state index is 0.590. The number of hydroxylamine groups is 1. The second kappa shape index (κ2) is 3.47. The summed E-state index contributed by atoms with van der Waals surface area (Å²) in [6.07, 6.45) is 0. The van der Waals surface area contributed by atoms with Gasteiger partial charge in [-0.1, -0.05) is 6.07 Å². The first kappa shape index (κ1) is 8.19. The molecule has 5 heteroatoms. The van der Waals surface area contributed by atoms with Gasteiger partial charge in [-0.3, -0.25) is 10.0 Å². The molecule has 1 heterocycles. The Morgan fingerprint density at radius 3 is 3.00 bits per heavy atom. The summed E-state index contributed by atoms with van der Waals surface area (Å²) in [5.41, 5.74) is 6.93. The molecule has 60 valence electrons. The van der Waals surface area contributed by atoms with Crippen molar-refractivity contribution >= 4 is 17.2 Å². The van der Waals surface area contributed by atoms with Gasteiger partial charge in [0.25, 0.3) is 5.91 Å². The van der Waals surface area contributed by atoms with Gasteiger partial charge >= 0.3 is 0 Å². The molecule has 11 heavy (non-hydrogen) atoms. The van der Waals surface area contributed by atoms with Crippen molar-refractivity contribution in [1.82, 2.24) is 5.48 Å². The predicted octanol–water partition coefficient (Wildman–Crippen LogP) is 0.253. The van der Waals surface area contributed by atoms with E-state index in [1.165, 1.54) is 16.8 Å². The summed E-state index contributed by atoms with van der Waals surface area (Å²) in [7, 11) is 0. The van der Waals surface area contributed by atoms with Gasteiger partial charge in [-0.05, 0) is 11.4 Å². The zero-order valence-electron chi connectivity index (χ0n) is 5.65. The van der Waals surface area contributed by atoms with Gasteiger partial charge < -0.3 is 5.73 Å². The van der Waals surface area contributed by atoms with E-state index in [0.717, 1.165) is 4.88 Å². The monoisotopic (exact) mass is 172 g/mol. The van der Waals surface area contributed by atoms with Crippen molar-refractivity contribution in [3.05, 3.63) is 22.4 Å². The average Bonchev–Trinajstić information content (AvgIpc) is 2.53. The standard InChI is InChI=1S/C6H8N2O2S/c7-5(6(9)8-10)4-2-1-3-11-4/h1-3,5,10H,7H2,(H,8,9). The minimum Gasteiger partial charge on any atom is -0.315 e. The maximum Gasteiger partial charge on any atom is 0.265 e. The number of nitrogens with two attached hydrogens (primary N) is 1. The molecule has 1 rings (SSSR count). The number of nitrogens with one attached hydrogen (secondary N) is 1. The lowest BCUT2D eigenvalue weighted by atomic mass is 10.2. The molecule has 0 aliphatic rings. The zero-order chi connectivity index (χ0) is 8.27. The van der Waals surface area contributed by atoms with E-state index in [2.05, 4.69) is 0 Å². The summed E-state index contributed by atoms with van der Waals surface area (Å²) >= 11 is 1.38. The fraction of sp³-hybridized carbons (Fsp3) is 0.167. The van der Waals surface area contributed by atoms with Crippen LogP contribution >= 0.6 is 11.3 Å². The number of carbonyl (C=O) groups excluding carboxylic acids is 1. The highest BCUT2D eigenvalue weighted by Crippen LogP contribution is 2.16. The largest absolute Gasteiger partial charge is 0.315 e. The lowest BCUT2D eigenvalue weighted by Gasteiger charge is -2.04. The highest BCUT2D eigenvalue weighted by Gasteiger charge is 2.14. The van der Waals surface area contributed by atoms with Crippen molar-refractivity contribution in [2.45, 2.75) is 6.04 Å². The quantitative estimate of drug-likeness (QED) is 0.442. The summed E-state index contributed by atoms with van der Waals surface area (Å²) in [5.74, 6) is -0.590. The van der Waals surface area contributed by atoms with E-state index in [0.29, 0.717) is 0 Å². The maximum atomic E-state index is 10.7. The van der Waals surface area contributed by atoms with Crippen LogP contribution in [-0.2, 0) is 4.79 Å². The fourth-order valence-corrected chi connectivity index (χ4v) is 1.39. The molecule has 0 bridgehead atoms. The molecular weight excluding hydrogens is 164 g/mol. The van der Waals surface area contributed by atoms with Gasteiger partial charge in [0.1, 0.15) is 6.04 Å². The van der Waals surface area contributed by atoms with Crippen molar-refractivity contribution in [1.29, 1.82) is 0 Å². The Kier molecular flexibility index (Phi) is 2.58. The van der Waals surface area contributed by atoms with E-state index in [1.54, 1.807) is 12.1 Å². The van der Waals surface area contributed by atoms with Crippen LogP contribution in [0.2, 0.25) is 0 Å². The molecule has 1 unspecified atom stereocenters. The first-order valence-electron chi connectivity index (χ1n) is 2.98. The summed E-state index contributed by atoms with van der Waals surface area (Å²) in [6, 6.07) is 2.77. The van der Waals surface area contributed by atoms with E-state index < -0.39 is 11.9 Å². The van der Waals surface area contributed by atoms with Gasteiger partial charge in [-0.25, -0.2) is 5.48 Å². The number of thiophene rings is 1. The third kappa shape index (κ3) is 1.76. The van der Waals surface area contributed by atoms with Crippen molar-refractivity contribution < 1.29 is 10.0 Å². The molecule has 1 aromatic heterocycles. The Morgan fingerprint density at radius 2 is 2.55 bits per heavy atom. The van der Waals surface area contributed by atoms with Crippen LogP contribution in [0.15, 0.2) is 17.5 Å². The SMILES string of the molecule is NC(C(=O)NO)c1cccs1. The van der Waals surface area contributed by atoms with E-state index in [1.807, 2.05) is 5.38 Å². The van der Waals surface area contributed by atoms with Gasteiger partial charge in [-0.2, -0.15) is 0 Å². The van der Waals surface area contributed by atoms with Gasteiger partial charge in [0, 0.05) is 4.88 Å². The van der Waals surface area contributed by atoms with Crippen molar-refractivity contribution in [2.24, 2.45) is 5.73 Å². The van der Waals surface area contributed by atoms with Gasteiger partial charge in [0.05, 0.1) is 0 Å². The molecule has 0 spiro atoms. The molecule has 0 aliphatic heterocycles.